The molecule has 5 fully saturated rings. The Balaban J connectivity index is 1.77. The Morgan fingerprint density at radius 2 is 1.75 bits per heavy atom. The average molecular weight is 224 g/mol. The van der Waals surface area contributed by atoms with Crippen LogP contribution >= 0.6 is 0 Å². The summed E-state index contributed by atoms with van der Waals surface area (Å²) < 4.78 is 12.0. The van der Waals surface area contributed by atoms with Gasteiger partial charge < -0.3 is 14.6 Å². The molecule has 0 unspecified atom stereocenters. The fourth-order valence-electron chi connectivity index (χ4n) is 4.92. The number of aliphatic hydroxyl groups is 1. The first-order valence-corrected chi connectivity index (χ1v) is 6.70. The van der Waals surface area contributed by atoms with Gasteiger partial charge in [0.05, 0.1) is 18.8 Å². The Labute approximate surface area is 96.1 Å². The van der Waals surface area contributed by atoms with Crippen LogP contribution in [0.25, 0.3) is 0 Å². The van der Waals surface area contributed by atoms with E-state index >= 15 is 0 Å². The summed E-state index contributed by atoms with van der Waals surface area (Å²) in [5.74, 6) is 1.39. The highest BCUT2D eigenvalue weighted by atomic mass is 16.7. The minimum Gasteiger partial charge on any atom is -0.390 e. The monoisotopic (exact) mass is 224 g/mol. The second-order valence-electron chi connectivity index (χ2n) is 6.32. The Hall–Kier alpha value is -0.120. The summed E-state index contributed by atoms with van der Waals surface area (Å²) in [6.07, 6.45) is 6.39. The van der Waals surface area contributed by atoms with Crippen LogP contribution in [-0.4, -0.2) is 29.7 Å². The zero-order valence-corrected chi connectivity index (χ0v) is 9.65. The molecule has 1 heterocycles. The highest BCUT2D eigenvalue weighted by Gasteiger charge is 2.61. The van der Waals surface area contributed by atoms with Gasteiger partial charge in [0.2, 0.25) is 0 Å². The molecule has 0 aromatic rings. The number of ether oxygens (including phenoxy) is 2. The minimum atomic E-state index is -0.402. The van der Waals surface area contributed by atoms with E-state index < -0.39 is 5.60 Å². The first-order chi connectivity index (χ1) is 7.70. The van der Waals surface area contributed by atoms with Crippen molar-refractivity contribution in [3.8, 4) is 0 Å². The maximum absolute atomic E-state index is 10.6. The van der Waals surface area contributed by atoms with Crippen molar-refractivity contribution in [2.24, 2.45) is 17.8 Å². The molecule has 4 atom stereocenters. The maximum atomic E-state index is 10.6. The molecule has 90 valence electrons. The molecule has 4 aliphatic carbocycles. The molecule has 1 spiro atoms. The number of rotatable bonds is 0. The summed E-state index contributed by atoms with van der Waals surface area (Å²) in [5, 5.41) is 10.6. The van der Waals surface area contributed by atoms with E-state index in [1.807, 2.05) is 0 Å². The van der Waals surface area contributed by atoms with Crippen molar-refractivity contribution in [1.82, 2.24) is 0 Å². The standard InChI is InChI=1S/C13H20O3/c14-12-2-1-10-5-9(7-12)6-11(8-12)13(10)15-3-4-16-13/h9-11,14H,1-8H2/t9-,10+,11+,12+/m0/s1. The summed E-state index contributed by atoms with van der Waals surface area (Å²) in [7, 11) is 0. The van der Waals surface area contributed by atoms with Crippen molar-refractivity contribution in [2.75, 3.05) is 13.2 Å². The highest BCUT2D eigenvalue weighted by molar-refractivity contribution is 5.07. The van der Waals surface area contributed by atoms with Gasteiger partial charge in [-0.3, -0.25) is 0 Å². The molecule has 0 aromatic heterocycles. The summed E-state index contributed by atoms with van der Waals surface area (Å²) >= 11 is 0. The lowest BCUT2D eigenvalue weighted by molar-refractivity contribution is -0.263. The minimum absolute atomic E-state index is 0.304. The average Bonchev–Trinajstić information content (AvgIpc) is 2.65. The highest BCUT2D eigenvalue weighted by Crippen LogP contribution is 2.59. The quantitative estimate of drug-likeness (QED) is 0.680. The molecule has 5 aliphatic rings. The van der Waals surface area contributed by atoms with Crippen LogP contribution in [0.1, 0.15) is 38.5 Å². The van der Waals surface area contributed by atoms with Gasteiger partial charge in [-0.2, -0.15) is 0 Å². The fourth-order valence-corrected chi connectivity index (χ4v) is 4.92. The lowest BCUT2D eigenvalue weighted by Gasteiger charge is -2.51. The lowest BCUT2D eigenvalue weighted by Crippen LogP contribution is -2.54. The normalized spacial score (nSPS) is 53.4. The van der Waals surface area contributed by atoms with Crippen LogP contribution in [0, 0.1) is 17.8 Å². The van der Waals surface area contributed by atoms with Gasteiger partial charge in [0.1, 0.15) is 0 Å². The van der Waals surface area contributed by atoms with E-state index in [0.29, 0.717) is 11.8 Å². The third-order valence-electron chi connectivity index (χ3n) is 5.37. The van der Waals surface area contributed by atoms with Crippen LogP contribution < -0.4 is 0 Å². The van der Waals surface area contributed by atoms with Crippen molar-refractivity contribution in [3.05, 3.63) is 0 Å². The van der Waals surface area contributed by atoms with Gasteiger partial charge in [0.15, 0.2) is 5.79 Å². The summed E-state index contributed by atoms with van der Waals surface area (Å²) in [6.45, 7) is 1.49. The number of hydrogen-bond donors (Lipinski definition) is 1. The second kappa shape index (κ2) is 3.01. The van der Waals surface area contributed by atoms with E-state index in [2.05, 4.69) is 0 Å². The van der Waals surface area contributed by atoms with E-state index in [9.17, 15) is 5.11 Å². The van der Waals surface area contributed by atoms with Crippen LogP contribution in [0.3, 0.4) is 0 Å². The summed E-state index contributed by atoms with van der Waals surface area (Å²) in [4.78, 5) is 0. The Morgan fingerprint density at radius 3 is 2.56 bits per heavy atom. The molecule has 5 rings (SSSR count). The third-order valence-corrected chi connectivity index (χ3v) is 5.37. The van der Waals surface area contributed by atoms with Crippen LogP contribution in [0.4, 0.5) is 0 Å². The Bertz CT molecular complexity index is 310. The van der Waals surface area contributed by atoms with Gasteiger partial charge >= 0.3 is 0 Å². The van der Waals surface area contributed by atoms with Crippen molar-refractivity contribution in [1.29, 1.82) is 0 Å². The predicted molar refractivity (Wildman–Crippen MR) is 57.8 cm³/mol. The first-order valence-electron chi connectivity index (χ1n) is 6.70. The van der Waals surface area contributed by atoms with Gasteiger partial charge in [-0.1, -0.05) is 0 Å². The molecule has 1 aliphatic heterocycles. The van der Waals surface area contributed by atoms with Crippen molar-refractivity contribution >= 4 is 0 Å². The molecule has 0 amide bonds. The molecular weight excluding hydrogens is 204 g/mol. The van der Waals surface area contributed by atoms with E-state index in [-0.39, 0.29) is 5.79 Å². The van der Waals surface area contributed by atoms with Gasteiger partial charge in [-0.25, -0.2) is 0 Å². The van der Waals surface area contributed by atoms with E-state index in [1.54, 1.807) is 0 Å². The molecule has 0 radical (unpaired) electrons. The van der Waals surface area contributed by atoms with E-state index in [4.69, 9.17) is 9.47 Å². The molecule has 4 saturated carbocycles. The van der Waals surface area contributed by atoms with Crippen LogP contribution in [0.15, 0.2) is 0 Å². The van der Waals surface area contributed by atoms with Crippen LogP contribution in [0.5, 0.6) is 0 Å². The van der Waals surface area contributed by atoms with E-state index in [1.165, 1.54) is 12.8 Å². The molecular formula is C13H20O3. The molecule has 1 N–H and O–H groups in total. The zero-order valence-electron chi connectivity index (χ0n) is 9.65. The number of fused-ring (bicyclic) bond motifs is 1. The lowest BCUT2D eigenvalue weighted by atomic mass is 9.63. The topological polar surface area (TPSA) is 38.7 Å². The maximum Gasteiger partial charge on any atom is 0.174 e. The van der Waals surface area contributed by atoms with E-state index in [0.717, 1.165) is 44.8 Å². The molecule has 3 heteroatoms. The Kier molecular flexibility index (Phi) is 1.85. The molecule has 16 heavy (non-hydrogen) atoms. The Morgan fingerprint density at radius 1 is 1.00 bits per heavy atom. The molecule has 1 saturated heterocycles. The zero-order chi connectivity index (χ0) is 10.8. The predicted octanol–water partition coefficient (Wildman–Crippen LogP) is 1.69. The van der Waals surface area contributed by atoms with Gasteiger partial charge in [0.25, 0.3) is 0 Å². The smallest absolute Gasteiger partial charge is 0.174 e. The first kappa shape index (κ1) is 9.86. The molecule has 3 nitrogen and oxygen atoms in total. The van der Waals surface area contributed by atoms with Gasteiger partial charge in [-0.15, -0.1) is 0 Å². The van der Waals surface area contributed by atoms with Crippen molar-refractivity contribution in [3.63, 3.8) is 0 Å². The summed E-state index contributed by atoms with van der Waals surface area (Å²) in [5.41, 5.74) is -0.402. The molecule has 0 aromatic carbocycles. The van der Waals surface area contributed by atoms with Crippen LogP contribution in [0.2, 0.25) is 0 Å². The van der Waals surface area contributed by atoms with Gasteiger partial charge in [0, 0.05) is 11.8 Å². The third kappa shape index (κ3) is 1.14. The summed E-state index contributed by atoms with van der Waals surface area (Å²) in [6, 6.07) is 0. The second-order valence-corrected chi connectivity index (χ2v) is 6.32. The largest absolute Gasteiger partial charge is 0.390 e. The fraction of sp³-hybridized carbons (Fsp3) is 1.00. The SMILES string of the molecule is O[C@@]12CC[C@@H]3C[C@@H](C[C@H](C1)C31OCCO1)C2. The molecule has 4 bridgehead atoms. The number of hydrogen-bond acceptors (Lipinski definition) is 3. The van der Waals surface area contributed by atoms with Crippen LogP contribution in [-0.2, 0) is 9.47 Å². The van der Waals surface area contributed by atoms with Crippen molar-refractivity contribution < 1.29 is 14.6 Å². The van der Waals surface area contributed by atoms with Gasteiger partial charge in [-0.05, 0) is 44.4 Å². The van der Waals surface area contributed by atoms with Crippen molar-refractivity contribution in [2.45, 2.75) is 49.9 Å².